The summed E-state index contributed by atoms with van der Waals surface area (Å²) in [5.41, 5.74) is 2.82. The van der Waals surface area contributed by atoms with Gasteiger partial charge in [0.2, 0.25) is 0 Å². The number of alkyl halides is 1. The van der Waals surface area contributed by atoms with Crippen LogP contribution in [0.25, 0.3) is 11.0 Å². The Kier molecular flexibility index (Phi) is 3.33. The van der Waals surface area contributed by atoms with Crippen LogP contribution in [-0.4, -0.2) is 14.7 Å². The molecule has 2 heterocycles. The van der Waals surface area contributed by atoms with E-state index in [9.17, 15) is 0 Å². The summed E-state index contributed by atoms with van der Waals surface area (Å²) >= 11 is 9.42. The normalized spacial score (nSPS) is 11.3. The van der Waals surface area contributed by atoms with E-state index in [0.29, 0.717) is 12.4 Å². The zero-order valence-electron chi connectivity index (χ0n) is 10.2. The zero-order valence-corrected chi connectivity index (χ0v) is 12.6. The quantitative estimate of drug-likeness (QED) is 0.680. The fraction of sp³-hybridized carbons (Fsp3) is 0.231. The van der Waals surface area contributed by atoms with E-state index in [1.165, 1.54) is 0 Å². The Morgan fingerprint density at radius 3 is 2.89 bits per heavy atom. The van der Waals surface area contributed by atoms with Crippen molar-refractivity contribution in [2.24, 2.45) is 0 Å². The van der Waals surface area contributed by atoms with Crippen molar-refractivity contribution in [3.8, 4) is 0 Å². The second-order valence-corrected chi connectivity index (χ2v) is 5.50. The molecule has 19 heavy (non-hydrogen) atoms. The van der Waals surface area contributed by atoms with Crippen LogP contribution in [0.1, 0.15) is 17.3 Å². The summed E-state index contributed by atoms with van der Waals surface area (Å²) < 4.78 is 8.31. The predicted molar refractivity (Wildman–Crippen MR) is 77.3 cm³/mol. The first-order chi connectivity index (χ1) is 9.17. The van der Waals surface area contributed by atoms with E-state index in [0.717, 1.165) is 32.8 Å². The largest absolute Gasteiger partial charge is 0.359 e. The molecule has 1 aromatic carbocycles. The fourth-order valence-corrected chi connectivity index (χ4v) is 2.63. The Morgan fingerprint density at radius 2 is 2.21 bits per heavy atom. The van der Waals surface area contributed by atoms with Crippen LogP contribution >= 0.6 is 27.5 Å². The molecular formula is C13H11BrClN3O. The van der Waals surface area contributed by atoms with Crippen molar-refractivity contribution in [2.75, 3.05) is 0 Å². The summed E-state index contributed by atoms with van der Waals surface area (Å²) in [6, 6.07) is 7.91. The molecule has 0 fully saturated rings. The van der Waals surface area contributed by atoms with Gasteiger partial charge in [-0.15, -0.1) is 11.6 Å². The van der Waals surface area contributed by atoms with Gasteiger partial charge in [0, 0.05) is 10.5 Å². The van der Waals surface area contributed by atoms with Crippen LogP contribution < -0.4 is 0 Å². The van der Waals surface area contributed by atoms with Crippen LogP contribution in [0.5, 0.6) is 0 Å². The first kappa shape index (κ1) is 12.7. The van der Waals surface area contributed by atoms with Crippen LogP contribution in [0.3, 0.4) is 0 Å². The van der Waals surface area contributed by atoms with Crippen LogP contribution in [0.15, 0.2) is 33.3 Å². The average molecular weight is 341 g/mol. The predicted octanol–water partition coefficient (Wildman–Crippen LogP) is 3.88. The first-order valence-electron chi connectivity index (χ1n) is 5.80. The first-order valence-corrected chi connectivity index (χ1v) is 7.13. The molecule has 0 aliphatic rings. The number of rotatable bonds is 3. The molecule has 3 aromatic rings. The summed E-state index contributed by atoms with van der Waals surface area (Å²) in [5.74, 6) is 1.98. The maximum atomic E-state index is 5.97. The third kappa shape index (κ3) is 2.40. The van der Waals surface area contributed by atoms with Gasteiger partial charge in [0.15, 0.2) is 5.76 Å². The van der Waals surface area contributed by atoms with Crippen molar-refractivity contribution in [1.29, 1.82) is 0 Å². The smallest absolute Gasteiger partial charge is 0.156 e. The Balaban J connectivity index is 2.10. The van der Waals surface area contributed by atoms with E-state index >= 15 is 0 Å². The molecule has 0 unspecified atom stereocenters. The standard InChI is InChI=1S/C13H11BrClN3O/c1-8-4-10(19-17-8)7-18-12-3-2-9(14)5-11(12)16-13(18)6-15/h2-5H,6-7H2,1H3. The maximum Gasteiger partial charge on any atom is 0.156 e. The number of hydrogen-bond donors (Lipinski definition) is 0. The molecule has 3 rings (SSSR count). The summed E-state index contributed by atoms with van der Waals surface area (Å²) in [4.78, 5) is 4.53. The number of nitrogens with zero attached hydrogens (tertiary/aromatic N) is 3. The van der Waals surface area contributed by atoms with Crippen LogP contribution in [0, 0.1) is 6.92 Å². The lowest BCUT2D eigenvalue weighted by molar-refractivity contribution is 0.373. The fourth-order valence-electron chi connectivity index (χ4n) is 2.08. The summed E-state index contributed by atoms with van der Waals surface area (Å²) in [5, 5.41) is 3.90. The van der Waals surface area contributed by atoms with Gasteiger partial charge in [0.25, 0.3) is 0 Å². The number of fused-ring (bicyclic) bond motifs is 1. The second-order valence-electron chi connectivity index (χ2n) is 4.32. The van der Waals surface area contributed by atoms with Crippen molar-refractivity contribution >= 4 is 38.6 Å². The number of imidazole rings is 1. The third-order valence-electron chi connectivity index (χ3n) is 2.90. The molecule has 0 spiro atoms. The number of halogens is 2. The molecule has 0 aliphatic carbocycles. The Hall–Kier alpha value is -1.33. The van der Waals surface area contributed by atoms with Gasteiger partial charge in [-0.05, 0) is 25.1 Å². The molecule has 0 atom stereocenters. The summed E-state index contributed by atoms with van der Waals surface area (Å²) in [6.45, 7) is 2.49. The maximum absolute atomic E-state index is 5.97. The van der Waals surface area contributed by atoms with Gasteiger partial charge in [0.1, 0.15) is 5.82 Å². The molecule has 6 heteroatoms. The molecule has 0 N–H and O–H groups in total. The molecule has 0 radical (unpaired) electrons. The van der Waals surface area contributed by atoms with Gasteiger partial charge in [0.05, 0.1) is 29.2 Å². The molecule has 0 saturated heterocycles. The minimum absolute atomic E-state index is 0.361. The molecular weight excluding hydrogens is 330 g/mol. The Bertz CT molecular complexity index is 735. The minimum atomic E-state index is 0.361. The number of benzene rings is 1. The van der Waals surface area contributed by atoms with Gasteiger partial charge in [-0.1, -0.05) is 21.1 Å². The number of aryl methyl sites for hydroxylation is 1. The van der Waals surface area contributed by atoms with Crippen molar-refractivity contribution in [2.45, 2.75) is 19.3 Å². The van der Waals surface area contributed by atoms with Gasteiger partial charge in [-0.3, -0.25) is 0 Å². The number of aromatic nitrogens is 3. The van der Waals surface area contributed by atoms with Crippen molar-refractivity contribution in [3.63, 3.8) is 0 Å². The molecule has 4 nitrogen and oxygen atoms in total. The highest BCUT2D eigenvalue weighted by Crippen LogP contribution is 2.23. The highest BCUT2D eigenvalue weighted by Gasteiger charge is 2.12. The zero-order chi connectivity index (χ0) is 13.4. The van der Waals surface area contributed by atoms with Crippen LogP contribution in [0.2, 0.25) is 0 Å². The van der Waals surface area contributed by atoms with Gasteiger partial charge in [-0.25, -0.2) is 4.98 Å². The molecule has 0 amide bonds. The van der Waals surface area contributed by atoms with E-state index in [1.807, 2.05) is 31.2 Å². The van der Waals surface area contributed by atoms with Gasteiger partial charge >= 0.3 is 0 Å². The van der Waals surface area contributed by atoms with E-state index in [-0.39, 0.29) is 0 Å². The third-order valence-corrected chi connectivity index (χ3v) is 3.63. The minimum Gasteiger partial charge on any atom is -0.359 e. The lowest BCUT2D eigenvalue weighted by Gasteiger charge is -2.04. The van der Waals surface area contributed by atoms with Crippen molar-refractivity contribution in [3.05, 3.63) is 46.0 Å². The van der Waals surface area contributed by atoms with Crippen molar-refractivity contribution in [1.82, 2.24) is 14.7 Å². The van der Waals surface area contributed by atoms with E-state index in [1.54, 1.807) is 0 Å². The molecule has 2 aromatic heterocycles. The topological polar surface area (TPSA) is 43.9 Å². The van der Waals surface area contributed by atoms with Crippen LogP contribution in [-0.2, 0) is 12.4 Å². The lowest BCUT2D eigenvalue weighted by atomic mass is 10.3. The van der Waals surface area contributed by atoms with Gasteiger partial charge < -0.3 is 9.09 Å². The molecule has 0 aliphatic heterocycles. The Morgan fingerprint density at radius 1 is 1.37 bits per heavy atom. The SMILES string of the molecule is Cc1cc(Cn2c(CCl)nc3cc(Br)ccc32)on1. The summed E-state index contributed by atoms with van der Waals surface area (Å²) in [6.07, 6.45) is 0. The van der Waals surface area contributed by atoms with Crippen molar-refractivity contribution < 1.29 is 4.52 Å². The monoisotopic (exact) mass is 339 g/mol. The lowest BCUT2D eigenvalue weighted by Crippen LogP contribution is -2.02. The molecule has 98 valence electrons. The highest BCUT2D eigenvalue weighted by atomic mass is 79.9. The average Bonchev–Trinajstić information content (AvgIpc) is 2.94. The van der Waals surface area contributed by atoms with E-state index in [4.69, 9.17) is 16.1 Å². The van der Waals surface area contributed by atoms with E-state index in [2.05, 4.69) is 30.6 Å². The Labute approximate surface area is 123 Å². The van der Waals surface area contributed by atoms with Gasteiger partial charge in [-0.2, -0.15) is 0 Å². The van der Waals surface area contributed by atoms with Crippen LogP contribution in [0.4, 0.5) is 0 Å². The van der Waals surface area contributed by atoms with E-state index < -0.39 is 0 Å². The number of hydrogen-bond acceptors (Lipinski definition) is 3. The second kappa shape index (κ2) is 4.98. The molecule has 0 bridgehead atoms. The molecule has 0 saturated carbocycles. The highest BCUT2D eigenvalue weighted by molar-refractivity contribution is 9.10. The summed E-state index contributed by atoms with van der Waals surface area (Å²) in [7, 11) is 0.